The first-order valence-corrected chi connectivity index (χ1v) is 8.43. The Labute approximate surface area is 135 Å². The molecular weight excluding hydrogens is 322 g/mol. The van der Waals surface area contributed by atoms with Crippen molar-refractivity contribution in [2.45, 2.75) is 6.92 Å². The van der Waals surface area contributed by atoms with Gasteiger partial charge < -0.3 is 4.74 Å². The lowest BCUT2D eigenvalue weighted by Gasteiger charge is -2.10. The number of ether oxygens (including phenoxy) is 1. The van der Waals surface area contributed by atoms with Crippen LogP contribution in [0.1, 0.15) is 11.1 Å². The fourth-order valence-electron chi connectivity index (χ4n) is 1.81. The van der Waals surface area contributed by atoms with E-state index in [1.165, 1.54) is 13.2 Å². The molecule has 0 aromatic heterocycles. The summed E-state index contributed by atoms with van der Waals surface area (Å²) < 4.78 is 31.9. The average Bonchev–Trinajstić information content (AvgIpc) is 2.48. The van der Waals surface area contributed by atoms with E-state index in [-0.39, 0.29) is 0 Å². The van der Waals surface area contributed by atoms with Crippen molar-refractivity contribution in [1.82, 2.24) is 0 Å². The Balaban J connectivity index is 2.19. The predicted molar refractivity (Wildman–Crippen MR) is 90.8 cm³/mol. The number of methoxy groups -OCH3 is 1. The summed E-state index contributed by atoms with van der Waals surface area (Å²) in [6.07, 6.45) is 1.50. The molecule has 1 N–H and O–H groups in total. The minimum Gasteiger partial charge on any atom is -0.495 e. The summed E-state index contributed by atoms with van der Waals surface area (Å²) in [4.78, 5) is 0. The third-order valence-electron chi connectivity index (χ3n) is 2.92. The third-order valence-corrected chi connectivity index (χ3v) is 4.17. The Morgan fingerprint density at radius 3 is 2.45 bits per heavy atom. The van der Waals surface area contributed by atoms with Gasteiger partial charge in [0.15, 0.2) is 0 Å². The first-order chi connectivity index (χ1) is 10.4. The molecule has 0 saturated carbocycles. The number of benzene rings is 2. The number of aryl methyl sites for hydroxylation is 1. The van der Waals surface area contributed by atoms with Crippen LogP contribution < -0.4 is 9.46 Å². The van der Waals surface area contributed by atoms with Crippen molar-refractivity contribution in [2.75, 3.05) is 11.8 Å². The van der Waals surface area contributed by atoms with E-state index >= 15 is 0 Å². The lowest BCUT2D eigenvalue weighted by atomic mass is 10.2. The van der Waals surface area contributed by atoms with E-state index in [2.05, 4.69) is 4.72 Å². The van der Waals surface area contributed by atoms with Gasteiger partial charge in [0.1, 0.15) is 5.75 Å². The minimum absolute atomic E-state index is 0.397. The standard InChI is InChI=1S/C16H16ClNO3S/c1-12-3-8-15(16(11-12)21-2)18-22(19,20)10-9-13-4-6-14(17)7-5-13/h3-11,18H,1-2H3/b10-9+. The van der Waals surface area contributed by atoms with Crippen molar-refractivity contribution in [3.63, 3.8) is 0 Å². The molecule has 0 radical (unpaired) electrons. The summed E-state index contributed by atoms with van der Waals surface area (Å²) >= 11 is 5.79. The third kappa shape index (κ3) is 4.51. The van der Waals surface area contributed by atoms with Crippen molar-refractivity contribution in [3.8, 4) is 5.75 Å². The topological polar surface area (TPSA) is 55.4 Å². The molecule has 0 aliphatic carbocycles. The summed E-state index contributed by atoms with van der Waals surface area (Å²) in [6.45, 7) is 1.90. The van der Waals surface area contributed by atoms with Crippen LogP contribution in [0.5, 0.6) is 5.75 Å². The second kappa shape index (κ2) is 6.85. The summed E-state index contributed by atoms with van der Waals surface area (Å²) in [6, 6.07) is 12.1. The Morgan fingerprint density at radius 2 is 1.82 bits per heavy atom. The maximum absolute atomic E-state index is 12.1. The van der Waals surface area contributed by atoms with E-state index in [1.54, 1.807) is 36.4 Å². The van der Waals surface area contributed by atoms with Gasteiger partial charge in [0.25, 0.3) is 10.0 Å². The molecule has 0 aliphatic heterocycles. The quantitative estimate of drug-likeness (QED) is 0.894. The molecule has 6 heteroatoms. The lowest BCUT2D eigenvalue weighted by molar-refractivity contribution is 0.416. The molecule has 0 bridgehead atoms. The van der Waals surface area contributed by atoms with Gasteiger partial charge in [-0.3, -0.25) is 4.72 Å². The zero-order chi connectivity index (χ0) is 16.2. The molecule has 0 saturated heterocycles. The Morgan fingerprint density at radius 1 is 1.14 bits per heavy atom. The largest absolute Gasteiger partial charge is 0.495 e. The van der Waals surface area contributed by atoms with Gasteiger partial charge in [-0.25, -0.2) is 8.42 Å². The number of nitrogens with one attached hydrogen (secondary N) is 1. The normalized spacial score (nSPS) is 11.6. The van der Waals surface area contributed by atoms with E-state index in [1.807, 2.05) is 13.0 Å². The number of sulfonamides is 1. The number of anilines is 1. The van der Waals surface area contributed by atoms with Gasteiger partial charge in [0.05, 0.1) is 18.2 Å². The van der Waals surface area contributed by atoms with Gasteiger partial charge >= 0.3 is 0 Å². The van der Waals surface area contributed by atoms with Gasteiger partial charge in [-0.2, -0.15) is 0 Å². The van der Waals surface area contributed by atoms with Crippen molar-refractivity contribution in [3.05, 3.63) is 64.0 Å². The highest BCUT2D eigenvalue weighted by molar-refractivity contribution is 7.95. The van der Waals surface area contributed by atoms with Gasteiger partial charge in [0.2, 0.25) is 0 Å². The van der Waals surface area contributed by atoms with Crippen LogP contribution >= 0.6 is 11.6 Å². The fourth-order valence-corrected chi connectivity index (χ4v) is 2.82. The number of rotatable bonds is 5. The highest BCUT2D eigenvalue weighted by atomic mass is 35.5. The van der Waals surface area contributed by atoms with Crippen LogP contribution in [0.4, 0.5) is 5.69 Å². The average molecular weight is 338 g/mol. The molecule has 22 heavy (non-hydrogen) atoms. The van der Waals surface area contributed by atoms with Gasteiger partial charge in [-0.05, 0) is 48.4 Å². The zero-order valence-corrected chi connectivity index (χ0v) is 13.8. The Bertz CT molecular complexity index is 784. The highest BCUT2D eigenvalue weighted by Gasteiger charge is 2.10. The molecule has 0 spiro atoms. The Hall–Kier alpha value is -1.98. The van der Waals surface area contributed by atoms with Crippen LogP contribution in [0.2, 0.25) is 5.02 Å². The number of halogens is 1. The van der Waals surface area contributed by atoms with Crippen LogP contribution in [0.15, 0.2) is 47.9 Å². The lowest BCUT2D eigenvalue weighted by Crippen LogP contribution is -2.09. The van der Waals surface area contributed by atoms with Gasteiger partial charge in [-0.1, -0.05) is 29.8 Å². The van der Waals surface area contributed by atoms with Gasteiger partial charge in [0, 0.05) is 5.02 Å². The number of hydrogen-bond acceptors (Lipinski definition) is 3. The van der Waals surface area contributed by atoms with Crippen molar-refractivity contribution in [2.24, 2.45) is 0 Å². The van der Waals surface area contributed by atoms with Crippen LogP contribution in [-0.2, 0) is 10.0 Å². The van der Waals surface area contributed by atoms with E-state index in [4.69, 9.17) is 16.3 Å². The monoisotopic (exact) mass is 337 g/mol. The van der Waals surface area contributed by atoms with Crippen LogP contribution in [0.3, 0.4) is 0 Å². The summed E-state index contributed by atoms with van der Waals surface area (Å²) in [5.74, 6) is 0.475. The zero-order valence-electron chi connectivity index (χ0n) is 12.2. The predicted octanol–water partition coefficient (Wildman–Crippen LogP) is 4.07. The first-order valence-electron chi connectivity index (χ1n) is 6.51. The highest BCUT2D eigenvalue weighted by Crippen LogP contribution is 2.26. The molecule has 0 fully saturated rings. The summed E-state index contributed by atoms with van der Waals surface area (Å²) in [5.41, 5.74) is 2.12. The number of hydrogen-bond donors (Lipinski definition) is 1. The molecular formula is C16H16ClNO3S. The van der Waals surface area contributed by atoms with Crippen molar-refractivity contribution < 1.29 is 13.2 Å². The Kier molecular flexibility index (Phi) is 5.11. The smallest absolute Gasteiger partial charge is 0.255 e. The van der Waals surface area contributed by atoms with E-state index in [0.717, 1.165) is 16.5 Å². The molecule has 0 aliphatic rings. The molecule has 0 unspecified atom stereocenters. The molecule has 4 nitrogen and oxygen atoms in total. The van der Waals surface area contributed by atoms with Crippen LogP contribution in [0.25, 0.3) is 6.08 Å². The molecule has 0 atom stereocenters. The van der Waals surface area contributed by atoms with E-state index in [9.17, 15) is 8.42 Å². The van der Waals surface area contributed by atoms with Crippen molar-refractivity contribution >= 4 is 33.4 Å². The minimum atomic E-state index is -3.63. The van der Waals surface area contributed by atoms with Crippen LogP contribution in [0, 0.1) is 6.92 Å². The molecule has 0 heterocycles. The van der Waals surface area contributed by atoms with E-state index in [0.29, 0.717) is 16.5 Å². The summed E-state index contributed by atoms with van der Waals surface area (Å²) in [7, 11) is -2.14. The molecule has 2 aromatic rings. The molecule has 2 rings (SSSR count). The molecule has 2 aromatic carbocycles. The summed E-state index contributed by atoms with van der Waals surface area (Å²) in [5, 5.41) is 1.71. The molecule has 116 valence electrons. The SMILES string of the molecule is COc1cc(C)ccc1NS(=O)(=O)/C=C/c1ccc(Cl)cc1. The van der Waals surface area contributed by atoms with Crippen LogP contribution in [-0.4, -0.2) is 15.5 Å². The van der Waals surface area contributed by atoms with E-state index < -0.39 is 10.0 Å². The molecule has 0 amide bonds. The second-order valence-electron chi connectivity index (χ2n) is 4.71. The fraction of sp³-hybridized carbons (Fsp3) is 0.125. The second-order valence-corrected chi connectivity index (χ2v) is 6.71. The van der Waals surface area contributed by atoms with Crippen molar-refractivity contribution in [1.29, 1.82) is 0 Å². The first kappa shape index (κ1) is 16.4. The van der Waals surface area contributed by atoms with Gasteiger partial charge in [-0.15, -0.1) is 0 Å². The maximum Gasteiger partial charge on any atom is 0.255 e. The maximum atomic E-state index is 12.1.